The first kappa shape index (κ1) is 13.1. The van der Waals surface area contributed by atoms with Crippen LogP contribution in [0.15, 0.2) is 24.3 Å². The maximum atomic E-state index is 12.3. The number of nitrogens with one attached hydrogen (secondary N) is 1. The van der Waals surface area contributed by atoms with Crippen molar-refractivity contribution in [1.29, 1.82) is 0 Å². The number of hydrogen-bond donors (Lipinski definition) is 1. The molecule has 0 amide bonds. The van der Waals surface area contributed by atoms with Crippen LogP contribution in [0.5, 0.6) is 5.75 Å². The summed E-state index contributed by atoms with van der Waals surface area (Å²) in [6.07, 6.45) is 0.523. The smallest absolute Gasteiger partial charge is 0.196 e. The summed E-state index contributed by atoms with van der Waals surface area (Å²) in [5, 5.41) is 3.16. The number of ketones is 1. The van der Waals surface area contributed by atoms with Gasteiger partial charge in [0.25, 0.3) is 0 Å². The Hall–Kier alpha value is -1.39. The highest BCUT2D eigenvalue weighted by Crippen LogP contribution is 2.21. The lowest BCUT2D eigenvalue weighted by atomic mass is 10.0. The van der Waals surface area contributed by atoms with E-state index < -0.39 is 6.10 Å². The number of ether oxygens (including phenoxy) is 2. The normalized spacial score (nSPS) is 19.5. The zero-order chi connectivity index (χ0) is 12.8. The van der Waals surface area contributed by atoms with E-state index in [4.69, 9.17) is 9.47 Å². The van der Waals surface area contributed by atoms with Crippen molar-refractivity contribution in [2.24, 2.45) is 0 Å². The third-order valence-corrected chi connectivity index (χ3v) is 2.83. The Morgan fingerprint density at radius 1 is 1.50 bits per heavy atom. The van der Waals surface area contributed by atoms with Gasteiger partial charge in [-0.25, -0.2) is 0 Å². The van der Waals surface area contributed by atoms with Gasteiger partial charge < -0.3 is 14.8 Å². The highest BCUT2D eigenvalue weighted by atomic mass is 16.5. The third kappa shape index (κ3) is 3.09. The van der Waals surface area contributed by atoms with E-state index in [9.17, 15) is 4.79 Å². The molecule has 1 aliphatic rings. The fourth-order valence-electron chi connectivity index (χ4n) is 1.92. The summed E-state index contributed by atoms with van der Waals surface area (Å²) in [4.78, 5) is 12.3. The summed E-state index contributed by atoms with van der Waals surface area (Å²) in [5.74, 6) is 0.646. The van der Waals surface area contributed by atoms with Crippen LogP contribution in [0.4, 0.5) is 0 Å². The number of Topliss-reactive ketones (excluding diaryl/α,β-unsaturated/α-hetero) is 1. The Kier molecular flexibility index (Phi) is 4.73. The van der Waals surface area contributed by atoms with Gasteiger partial charge in [0.2, 0.25) is 0 Å². The van der Waals surface area contributed by atoms with Crippen molar-refractivity contribution in [3.8, 4) is 5.75 Å². The van der Waals surface area contributed by atoms with E-state index in [1.807, 2.05) is 25.1 Å². The maximum Gasteiger partial charge on any atom is 0.196 e. The van der Waals surface area contributed by atoms with E-state index >= 15 is 0 Å². The SMILES string of the molecule is CCCOc1ccccc1C(=O)C1CNCCO1. The van der Waals surface area contributed by atoms with E-state index in [2.05, 4.69) is 5.32 Å². The van der Waals surface area contributed by atoms with Gasteiger partial charge >= 0.3 is 0 Å². The molecule has 1 N–H and O–H groups in total. The summed E-state index contributed by atoms with van der Waals surface area (Å²) < 4.78 is 11.1. The molecule has 1 atom stereocenters. The van der Waals surface area contributed by atoms with Crippen molar-refractivity contribution in [3.63, 3.8) is 0 Å². The van der Waals surface area contributed by atoms with Gasteiger partial charge in [0.15, 0.2) is 5.78 Å². The van der Waals surface area contributed by atoms with Crippen LogP contribution in [0, 0.1) is 0 Å². The molecule has 98 valence electrons. The first-order valence-electron chi connectivity index (χ1n) is 6.41. The van der Waals surface area contributed by atoms with Crippen LogP contribution in [-0.4, -0.2) is 38.2 Å². The Bertz CT molecular complexity index is 400. The molecule has 4 nitrogen and oxygen atoms in total. The molecule has 1 saturated heterocycles. The molecule has 18 heavy (non-hydrogen) atoms. The molecule has 0 saturated carbocycles. The second-order valence-corrected chi connectivity index (χ2v) is 4.27. The van der Waals surface area contributed by atoms with Crippen LogP contribution in [0.1, 0.15) is 23.7 Å². The van der Waals surface area contributed by atoms with Crippen LogP contribution >= 0.6 is 0 Å². The number of para-hydroxylation sites is 1. The predicted molar refractivity (Wildman–Crippen MR) is 69.2 cm³/mol. The van der Waals surface area contributed by atoms with Gasteiger partial charge in [-0.2, -0.15) is 0 Å². The number of rotatable bonds is 5. The molecule has 2 rings (SSSR count). The van der Waals surface area contributed by atoms with Gasteiger partial charge in [0.05, 0.1) is 18.8 Å². The minimum absolute atomic E-state index is 0.00565. The van der Waals surface area contributed by atoms with E-state index in [1.165, 1.54) is 0 Å². The lowest BCUT2D eigenvalue weighted by Crippen LogP contribution is -2.43. The second-order valence-electron chi connectivity index (χ2n) is 4.27. The fourth-order valence-corrected chi connectivity index (χ4v) is 1.92. The summed E-state index contributed by atoms with van der Waals surface area (Å²) in [7, 11) is 0. The molecular formula is C14H19NO3. The Morgan fingerprint density at radius 2 is 2.33 bits per heavy atom. The van der Waals surface area contributed by atoms with Crippen LogP contribution in [0.3, 0.4) is 0 Å². The zero-order valence-corrected chi connectivity index (χ0v) is 10.6. The molecule has 0 radical (unpaired) electrons. The van der Waals surface area contributed by atoms with Gasteiger partial charge in [-0.15, -0.1) is 0 Å². The molecule has 1 aliphatic heterocycles. The second kappa shape index (κ2) is 6.52. The number of benzene rings is 1. The average molecular weight is 249 g/mol. The molecule has 0 aromatic heterocycles. The van der Waals surface area contributed by atoms with Gasteiger partial charge in [-0.1, -0.05) is 19.1 Å². The van der Waals surface area contributed by atoms with Gasteiger partial charge in [0.1, 0.15) is 11.9 Å². The summed E-state index contributed by atoms with van der Waals surface area (Å²) in [6.45, 7) is 4.61. The average Bonchev–Trinajstić information content (AvgIpc) is 2.45. The van der Waals surface area contributed by atoms with Gasteiger partial charge in [-0.05, 0) is 18.6 Å². The minimum Gasteiger partial charge on any atom is -0.493 e. The Balaban J connectivity index is 2.12. The van der Waals surface area contributed by atoms with E-state index in [0.29, 0.717) is 31.1 Å². The lowest BCUT2D eigenvalue weighted by Gasteiger charge is -2.23. The quantitative estimate of drug-likeness (QED) is 0.806. The van der Waals surface area contributed by atoms with E-state index in [-0.39, 0.29) is 5.78 Å². The Morgan fingerprint density at radius 3 is 3.06 bits per heavy atom. The number of morpholine rings is 1. The van der Waals surface area contributed by atoms with Crippen LogP contribution in [0.25, 0.3) is 0 Å². The predicted octanol–water partition coefficient (Wildman–Crippen LogP) is 1.65. The van der Waals surface area contributed by atoms with Crippen LogP contribution < -0.4 is 10.1 Å². The topological polar surface area (TPSA) is 47.6 Å². The van der Waals surface area contributed by atoms with Gasteiger partial charge in [0, 0.05) is 13.1 Å². The number of carbonyl (C=O) groups excluding carboxylic acids is 1. The molecular weight excluding hydrogens is 230 g/mol. The number of carbonyl (C=O) groups is 1. The molecule has 0 aliphatic carbocycles. The summed E-state index contributed by atoms with van der Waals surface area (Å²) in [6, 6.07) is 7.36. The van der Waals surface area contributed by atoms with Crippen LogP contribution in [-0.2, 0) is 4.74 Å². The monoisotopic (exact) mass is 249 g/mol. The zero-order valence-electron chi connectivity index (χ0n) is 10.6. The molecule has 0 spiro atoms. The highest BCUT2D eigenvalue weighted by Gasteiger charge is 2.25. The molecule has 1 aromatic rings. The van der Waals surface area contributed by atoms with Crippen molar-refractivity contribution in [3.05, 3.63) is 29.8 Å². The van der Waals surface area contributed by atoms with Gasteiger partial charge in [-0.3, -0.25) is 4.79 Å². The highest BCUT2D eigenvalue weighted by molar-refractivity contribution is 6.02. The number of hydrogen-bond acceptors (Lipinski definition) is 4. The fraction of sp³-hybridized carbons (Fsp3) is 0.500. The summed E-state index contributed by atoms with van der Waals surface area (Å²) in [5.41, 5.74) is 0.611. The van der Waals surface area contributed by atoms with E-state index in [1.54, 1.807) is 6.07 Å². The molecule has 0 bridgehead atoms. The van der Waals surface area contributed by atoms with Crippen molar-refractivity contribution in [2.75, 3.05) is 26.3 Å². The molecule has 4 heteroatoms. The minimum atomic E-state index is -0.398. The van der Waals surface area contributed by atoms with Crippen molar-refractivity contribution < 1.29 is 14.3 Å². The molecule has 1 aromatic carbocycles. The lowest BCUT2D eigenvalue weighted by molar-refractivity contribution is 0.0267. The third-order valence-electron chi connectivity index (χ3n) is 2.83. The molecule has 1 heterocycles. The Labute approximate surface area is 107 Å². The van der Waals surface area contributed by atoms with Crippen LogP contribution in [0.2, 0.25) is 0 Å². The maximum absolute atomic E-state index is 12.3. The summed E-state index contributed by atoms with van der Waals surface area (Å²) >= 11 is 0. The van der Waals surface area contributed by atoms with Crippen molar-refractivity contribution >= 4 is 5.78 Å². The molecule has 1 unspecified atom stereocenters. The van der Waals surface area contributed by atoms with E-state index in [0.717, 1.165) is 13.0 Å². The first-order valence-corrected chi connectivity index (χ1v) is 6.41. The standard InChI is InChI=1S/C14H19NO3/c1-2-8-17-12-6-4-3-5-11(12)14(16)13-10-15-7-9-18-13/h3-6,13,15H,2,7-10H2,1H3. The van der Waals surface area contributed by atoms with Crippen molar-refractivity contribution in [2.45, 2.75) is 19.4 Å². The molecule has 1 fully saturated rings. The van der Waals surface area contributed by atoms with Crippen molar-refractivity contribution in [1.82, 2.24) is 5.32 Å². The largest absolute Gasteiger partial charge is 0.493 e. The first-order chi connectivity index (χ1) is 8.83.